The predicted octanol–water partition coefficient (Wildman–Crippen LogP) is 2.81. The Kier molecular flexibility index (Phi) is 4.87. The number of carbonyl (C=O) groups is 2. The van der Waals surface area contributed by atoms with Crippen LogP contribution in [-0.4, -0.2) is 28.1 Å². The molecule has 25 heavy (non-hydrogen) atoms. The number of aryl methyl sites for hydroxylation is 2. The van der Waals surface area contributed by atoms with Gasteiger partial charge < -0.3 is 19.0 Å². The molecule has 1 N–H and O–H groups in total. The Morgan fingerprint density at radius 2 is 2.16 bits per heavy atom. The Morgan fingerprint density at radius 1 is 1.40 bits per heavy atom. The lowest BCUT2D eigenvalue weighted by molar-refractivity contribution is -0.124. The molecule has 0 aromatic carbocycles. The van der Waals surface area contributed by atoms with Crippen molar-refractivity contribution in [3.05, 3.63) is 29.2 Å². The number of oxazole rings is 1. The van der Waals surface area contributed by atoms with Crippen molar-refractivity contribution in [1.29, 1.82) is 0 Å². The standard InChI is InChI=1S/C17H21N3O5/c1-4-12(16(21)19-13-7-9(2)25-20-13)23-17(22)15-10(3)18-14(24-15)8-11-5-6-11/h7,11-12H,4-6,8H2,1-3H3,(H,19,20,21). The van der Waals surface area contributed by atoms with E-state index < -0.39 is 18.0 Å². The maximum absolute atomic E-state index is 12.3. The van der Waals surface area contributed by atoms with Gasteiger partial charge >= 0.3 is 5.97 Å². The zero-order valence-electron chi connectivity index (χ0n) is 14.5. The third-order valence-electron chi connectivity index (χ3n) is 3.98. The number of nitrogens with zero attached hydrogens (tertiary/aromatic N) is 2. The third-order valence-corrected chi connectivity index (χ3v) is 3.98. The van der Waals surface area contributed by atoms with Crippen LogP contribution in [-0.2, 0) is 16.0 Å². The van der Waals surface area contributed by atoms with Crippen molar-refractivity contribution in [2.45, 2.75) is 52.6 Å². The maximum Gasteiger partial charge on any atom is 0.377 e. The van der Waals surface area contributed by atoms with Crippen molar-refractivity contribution in [2.24, 2.45) is 5.92 Å². The van der Waals surface area contributed by atoms with Crippen molar-refractivity contribution in [1.82, 2.24) is 10.1 Å². The van der Waals surface area contributed by atoms with E-state index in [4.69, 9.17) is 13.7 Å². The van der Waals surface area contributed by atoms with Crippen LogP contribution in [0.3, 0.4) is 0 Å². The summed E-state index contributed by atoms with van der Waals surface area (Å²) in [4.78, 5) is 28.9. The molecule has 1 amide bonds. The van der Waals surface area contributed by atoms with Gasteiger partial charge in [0.1, 0.15) is 5.76 Å². The number of aromatic nitrogens is 2. The Bertz CT molecular complexity index is 775. The predicted molar refractivity (Wildman–Crippen MR) is 87.0 cm³/mol. The molecule has 1 unspecified atom stereocenters. The van der Waals surface area contributed by atoms with Crippen molar-refractivity contribution in [3.8, 4) is 0 Å². The van der Waals surface area contributed by atoms with E-state index in [0.29, 0.717) is 29.7 Å². The quantitative estimate of drug-likeness (QED) is 0.767. The molecule has 1 fully saturated rings. The number of rotatable bonds is 7. The van der Waals surface area contributed by atoms with E-state index in [1.807, 2.05) is 0 Å². The highest BCUT2D eigenvalue weighted by Gasteiger charge is 2.29. The van der Waals surface area contributed by atoms with Gasteiger partial charge in [-0.25, -0.2) is 9.78 Å². The molecule has 8 nitrogen and oxygen atoms in total. The number of ether oxygens (including phenoxy) is 1. The highest BCUT2D eigenvalue weighted by Crippen LogP contribution is 2.32. The average molecular weight is 347 g/mol. The summed E-state index contributed by atoms with van der Waals surface area (Å²) >= 11 is 0. The van der Waals surface area contributed by atoms with E-state index in [-0.39, 0.29) is 11.6 Å². The number of esters is 1. The lowest BCUT2D eigenvalue weighted by atomic mass is 10.2. The SMILES string of the molecule is CCC(OC(=O)c1oc(CC2CC2)nc1C)C(=O)Nc1cc(C)on1. The van der Waals surface area contributed by atoms with Crippen LogP contribution in [0.25, 0.3) is 0 Å². The van der Waals surface area contributed by atoms with Crippen LogP contribution in [0.4, 0.5) is 5.82 Å². The highest BCUT2D eigenvalue weighted by atomic mass is 16.6. The van der Waals surface area contributed by atoms with Crippen LogP contribution >= 0.6 is 0 Å². The Labute approximate surface area is 144 Å². The zero-order valence-corrected chi connectivity index (χ0v) is 14.5. The van der Waals surface area contributed by atoms with Gasteiger partial charge in [-0.2, -0.15) is 0 Å². The summed E-state index contributed by atoms with van der Waals surface area (Å²) in [6.07, 6.45) is 2.43. The van der Waals surface area contributed by atoms with Crippen LogP contribution in [0.2, 0.25) is 0 Å². The van der Waals surface area contributed by atoms with Crippen LogP contribution in [0.5, 0.6) is 0 Å². The molecule has 2 heterocycles. The van der Waals surface area contributed by atoms with Gasteiger partial charge in [0.05, 0.1) is 5.69 Å². The molecule has 134 valence electrons. The van der Waals surface area contributed by atoms with Gasteiger partial charge in [-0.15, -0.1) is 0 Å². The van der Waals surface area contributed by atoms with Crippen molar-refractivity contribution in [2.75, 3.05) is 5.32 Å². The number of carbonyl (C=O) groups excluding carboxylic acids is 2. The largest absolute Gasteiger partial charge is 0.446 e. The minimum absolute atomic E-state index is 0.0548. The molecule has 0 spiro atoms. The molecule has 1 atom stereocenters. The van der Waals surface area contributed by atoms with Gasteiger partial charge in [0.2, 0.25) is 5.76 Å². The topological polar surface area (TPSA) is 107 Å². The second-order valence-corrected chi connectivity index (χ2v) is 6.28. The molecule has 0 saturated heterocycles. The fourth-order valence-corrected chi connectivity index (χ4v) is 2.43. The summed E-state index contributed by atoms with van der Waals surface area (Å²) in [7, 11) is 0. The van der Waals surface area contributed by atoms with Gasteiger partial charge in [0.25, 0.3) is 5.91 Å². The van der Waals surface area contributed by atoms with Crippen molar-refractivity contribution in [3.63, 3.8) is 0 Å². The lowest BCUT2D eigenvalue weighted by Crippen LogP contribution is -2.32. The fraction of sp³-hybridized carbons (Fsp3) is 0.529. The minimum Gasteiger partial charge on any atom is -0.446 e. The van der Waals surface area contributed by atoms with E-state index in [1.54, 1.807) is 26.8 Å². The summed E-state index contributed by atoms with van der Waals surface area (Å²) in [6.45, 7) is 5.15. The molecule has 8 heteroatoms. The van der Waals surface area contributed by atoms with Gasteiger partial charge in [-0.05, 0) is 39.0 Å². The molecule has 0 radical (unpaired) electrons. The first-order valence-corrected chi connectivity index (χ1v) is 8.37. The first kappa shape index (κ1) is 17.2. The van der Waals surface area contributed by atoms with Gasteiger partial charge in [0, 0.05) is 12.5 Å². The number of amides is 1. The summed E-state index contributed by atoms with van der Waals surface area (Å²) in [6, 6.07) is 1.58. The van der Waals surface area contributed by atoms with Crippen LogP contribution in [0.1, 0.15) is 54.1 Å². The smallest absolute Gasteiger partial charge is 0.377 e. The Hall–Kier alpha value is -2.64. The second kappa shape index (κ2) is 7.08. The normalized spacial score (nSPS) is 15.0. The van der Waals surface area contributed by atoms with Gasteiger partial charge in [-0.3, -0.25) is 4.79 Å². The molecule has 0 bridgehead atoms. The van der Waals surface area contributed by atoms with E-state index in [9.17, 15) is 9.59 Å². The van der Waals surface area contributed by atoms with E-state index in [0.717, 1.165) is 6.42 Å². The van der Waals surface area contributed by atoms with Gasteiger partial charge in [-0.1, -0.05) is 12.1 Å². The third kappa shape index (κ3) is 4.26. The molecule has 3 rings (SSSR count). The molecule has 1 saturated carbocycles. The van der Waals surface area contributed by atoms with Crippen LogP contribution in [0.15, 0.2) is 15.0 Å². The minimum atomic E-state index is -0.958. The molecule has 0 aliphatic heterocycles. The number of hydrogen-bond donors (Lipinski definition) is 1. The first-order chi connectivity index (χ1) is 12.0. The van der Waals surface area contributed by atoms with E-state index >= 15 is 0 Å². The monoisotopic (exact) mass is 347 g/mol. The molecule has 2 aromatic rings. The summed E-state index contributed by atoms with van der Waals surface area (Å²) in [5.41, 5.74) is 0.475. The lowest BCUT2D eigenvalue weighted by Gasteiger charge is -2.14. The summed E-state index contributed by atoms with van der Waals surface area (Å²) < 4.78 is 15.7. The fourth-order valence-electron chi connectivity index (χ4n) is 2.43. The Morgan fingerprint density at radius 3 is 2.76 bits per heavy atom. The zero-order chi connectivity index (χ0) is 18.0. The number of anilines is 1. The molecular formula is C17H21N3O5. The molecular weight excluding hydrogens is 326 g/mol. The van der Waals surface area contributed by atoms with Crippen LogP contribution in [0, 0.1) is 19.8 Å². The Balaban J connectivity index is 1.63. The number of nitrogens with one attached hydrogen (secondary N) is 1. The molecule has 1 aliphatic rings. The summed E-state index contributed by atoms with van der Waals surface area (Å²) in [5, 5.41) is 6.24. The maximum atomic E-state index is 12.3. The first-order valence-electron chi connectivity index (χ1n) is 8.37. The molecule has 1 aliphatic carbocycles. The molecule has 2 aromatic heterocycles. The van der Waals surface area contributed by atoms with Crippen molar-refractivity contribution >= 4 is 17.7 Å². The van der Waals surface area contributed by atoms with Crippen molar-refractivity contribution < 1.29 is 23.3 Å². The summed E-state index contributed by atoms with van der Waals surface area (Å²) in [5.74, 6) is 0.883. The van der Waals surface area contributed by atoms with Crippen LogP contribution < -0.4 is 5.32 Å². The van der Waals surface area contributed by atoms with Gasteiger partial charge in [0.15, 0.2) is 17.8 Å². The average Bonchev–Trinajstić information content (AvgIpc) is 3.17. The van der Waals surface area contributed by atoms with E-state index in [2.05, 4.69) is 15.5 Å². The van der Waals surface area contributed by atoms with E-state index in [1.165, 1.54) is 12.8 Å². The number of hydrogen-bond acceptors (Lipinski definition) is 7. The highest BCUT2D eigenvalue weighted by molar-refractivity contribution is 5.96. The second-order valence-electron chi connectivity index (χ2n) is 6.28.